The molecule has 0 fully saturated rings. The molecule has 178 valence electrons. The van der Waals surface area contributed by atoms with E-state index in [1.165, 1.54) is 11.6 Å². The zero-order valence-corrected chi connectivity index (χ0v) is 17.9. The number of carbonyl (C=O) groups excluding carboxylic acids is 1. The van der Waals surface area contributed by atoms with Crippen LogP contribution in [-0.4, -0.2) is 31.9 Å². The van der Waals surface area contributed by atoms with Crippen molar-refractivity contribution in [2.24, 2.45) is 0 Å². The summed E-state index contributed by atoms with van der Waals surface area (Å²) in [6.45, 7) is 2.81. The summed E-state index contributed by atoms with van der Waals surface area (Å²) < 4.78 is 54.5. The number of carbonyl (C=O) groups is 1. The molecule has 1 atom stereocenters. The quantitative estimate of drug-likeness (QED) is 0.453. The summed E-state index contributed by atoms with van der Waals surface area (Å²) in [5.74, 6) is -1.54. The fourth-order valence-corrected chi connectivity index (χ4v) is 3.87. The average molecular weight is 475 g/mol. The maximum Gasteiger partial charge on any atom is 0.430 e. The van der Waals surface area contributed by atoms with Gasteiger partial charge in [0.1, 0.15) is 17.5 Å². The maximum atomic E-state index is 14.6. The maximum absolute atomic E-state index is 14.6. The molecule has 7 nitrogen and oxygen atoms in total. The van der Waals surface area contributed by atoms with Gasteiger partial charge in [0.15, 0.2) is 11.9 Å². The van der Waals surface area contributed by atoms with Gasteiger partial charge in [-0.2, -0.15) is 18.3 Å². The lowest BCUT2D eigenvalue weighted by atomic mass is 10.0. The highest BCUT2D eigenvalue weighted by Gasteiger charge is 2.29. The van der Waals surface area contributed by atoms with Gasteiger partial charge in [-0.1, -0.05) is 18.2 Å². The molecule has 34 heavy (non-hydrogen) atoms. The second-order valence-electron chi connectivity index (χ2n) is 7.56. The molecule has 1 aliphatic rings. The Morgan fingerprint density at radius 2 is 2.03 bits per heavy atom. The summed E-state index contributed by atoms with van der Waals surface area (Å²) in [5, 5.41) is 15.5. The van der Waals surface area contributed by atoms with E-state index < -0.39 is 12.1 Å². The van der Waals surface area contributed by atoms with E-state index in [0.29, 0.717) is 11.1 Å². The van der Waals surface area contributed by atoms with Gasteiger partial charge in [0.2, 0.25) is 0 Å². The fraction of sp³-hybridized carbons (Fsp3) is 0.261. The Labute approximate surface area is 191 Å². The van der Waals surface area contributed by atoms with E-state index in [-0.39, 0.29) is 11.9 Å². The number of imidazole rings is 1. The highest BCUT2D eigenvalue weighted by Crippen LogP contribution is 2.36. The smallest absolute Gasteiger partial charge is 0.430 e. The number of H-pyrrole nitrogens is 1. The molecule has 0 saturated carbocycles. The summed E-state index contributed by atoms with van der Waals surface area (Å²) in [7, 11) is 0. The number of aryl methyl sites for hydroxylation is 2. The number of para-hydroxylation sites is 1. The molecule has 1 N–H and O–H groups in total. The number of ether oxygens (including phenoxy) is 1. The Morgan fingerprint density at radius 1 is 1.29 bits per heavy atom. The van der Waals surface area contributed by atoms with Gasteiger partial charge in [0.25, 0.3) is 0 Å². The Kier molecular flexibility index (Phi) is 6.27. The van der Waals surface area contributed by atoms with Gasteiger partial charge in [0, 0.05) is 29.9 Å². The molecule has 4 aromatic rings. The molecule has 2 aromatic carbocycles. The Bertz CT molecular complexity index is 1320. The van der Waals surface area contributed by atoms with Crippen LogP contribution in [0, 0.1) is 5.82 Å². The number of aromatic amines is 1. The molecule has 0 amide bonds. The third-order valence-electron chi connectivity index (χ3n) is 5.43. The van der Waals surface area contributed by atoms with E-state index >= 15 is 0 Å². The SMILES string of the molecule is CCn1c(C2CCc3ccccc3O2)nc2cc(F)c(-c3cn[nH]c3)cc21.O=C([O-])C(F)(F)F. The van der Waals surface area contributed by atoms with Gasteiger partial charge in [-0.15, -0.1) is 0 Å². The minimum absolute atomic E-state index is 0.132. The molecule has 11 heteroatoms. The predicted octanol–water partition coefficient (Wildman–Crippen LogP) is 3.95. The third-order valence-corrected chi connectivity index (χ3v) is 5.43. The van der Waals surface area contributed by atoms with Crippen LogP contribution in [0.4, 0.5) is 17.6 Å². The van der Waals surface area contributed by atoms with Crippen molar-refractivity contribution in [2.45, 2.75) is 38.6 Å². The van der Waals surface area contributed by atoms with Crippen molar-refractivity contribution in [2.75, 3.05) is 0 Å². The van der Waals surface area contributed by atoms with Crippen molar-refractivity contribution in [3.05, 3.63) is 66.0 Å². The van der Waals surface area contributed by atoms with Gasteiger partial charge in [-0.25, -0.2) is 9.37 Å². The predicted molar refractivity (Wildman–Crippen MR) is 112 cm³/mol. The van der Waals surface area contributed by atoms with E-state index in [1.807, 2.05) is 24.3 Å². The second kappa shape index (κ2) is 9.16. The Morgan fingerprint density at radius 3 is 2.68 bits per heavy atom. The number of halogens is 4. The lowest BCUT2D eigenvalue weighted by molar-refractivity contribution is -0.344. The van der Waals surface area contributed by atoms with Crippen molar-refractivity contribution < 1.29 is 32.2 Å². The van der Waals surface area contributed by atoms with Crippen LogP contribution in [0.2, 0.25) is 0 Å². The Hall–Kier alpha value is -3.89. The number of rotatable bonds is 3. The second-order valence-corrected chi connectivity index (χ2v) is 7.56. The van der Waals surface area contributed by atoms with E-state index in [0.717, 1.165) is 42.0 Å². The number of alkyl halides is 3. The molecule has 0 bridgehead atoms. The lowest BCUT2D eigenvalue weighted by Gasteiger charge is -2.26. The van der Waals surface area contributed by atoms with Crippen molar-refractivity contribution >= 4 is 17.0 Å². The highest BCUT2D eigenvalue weighted by molar-refractivity contribution is 5.83. The minimum Gasteiger partial charge on any atom is -0.542 e. The first kappa shape index (κ1) is 23.3. The summed E-state index contributed by atoms with van der Waals surface area (Å²) in [5.41, 5.74) is 4.03. The van der Waals surface area contributed by atoms with Crippen LogP contribution in [0.3, 0.4) is 0 Å². The summed E-state index contributed by atoms with van der Waals surface area (Å²) in [6, 6.07) is 11.5. The first-order valence-electron chi connectivity index (χ1n) is 10.4. The summed E-state index contributed by atoms with van der Waals surface area (Å²) >= 11 is 0. The summed E-state index contributed by atoms with van der Waals surface area (Å²) in [6.07, 6.45) is -0.203. The van der Waals surface area contributed by atoms with Gasteiger partial charge in [-0.05, 0) is 37.5 Å². The van der Waals surface area contributed by atoms with Crippen LogP contribution in [-0.2, 0) is 17.8 Å². The topological polar surface area (TPSA) is 95.9 Å². The van der Waals surface area contributed by atoms with Gasteiger partial charge >= 0.3 is 6.18 Å². The average Bonchev–Trinajstić information content (AvgIpc) is 3.45. The van der Waals surface area contributed by atoms with Gasteiger partial charge in [0.05, 0.1) is 17.2 Å². The van der Waals surface area contributed by atoms with Crippen molar-refractivity contribution in [3.63, 3.8) is 0 Å². The number of fused-ring (bicyclic) bond motifs is 2. The van der Waals surface area contributed by atoms with Crippen LogP contribution in [0.1, 0.15) is 30.8 Å². The minimum atomic E-state index is -5.19. The number of benzene rings is 2. The van der Waals surface area contributed by atoms with Crippen LogP contribution >= 0.6 is 0 Å². The number of nitrogens with one attached hydrogen (secondary N) is 1. The molecule has 5 rings (SSSR count). The van der Waals surface area contributed by atoms with E-state index in [9.17, 15) is 17.6 Å². The largest absolute Gasteiger partial charge is 0.542 e. The third kappa shape index (κ3) is 4.59. The first-order chi connectivity index (χ1) is 16.2. The molecule has 1 aliphatic heterocycles. The molecule has 3 heterocycles. The number of hydrogen-bond donors (Lipinski definition) is 1. The van der Waals surface area contributed by atoms with Crippen LogP contribution < -0.4 is 9.84 Å². The molecule has 0 spiro atoms. The van der Waals surface area contributed by atoms with Crippen molar-refractivity contribution in [1.82, 2.24) is 19.7 Å². The van der Waals surface area contributed by atoms with Gasteiger partial charge < -0.3 is 19.2 Å². The normalized spacial score (nSPS) is 15.3. The molecule has 1 unspecified atom stereocenters. The number of carboxylic acid groups (broad SMARTS) is 1. The van der Waals surface area contributed by atoms with E-state index in [1.54, 1.807) is 12.4 Å². The number of aromatic nitrogens is 4. The lowest BCUT2D eigenvalue weighted by Crippen LogP contribution is -2.37. The monoisotopic (exact) mass is 475 g/mol. The highest BCUT2D eigenvalue weighted by atomic mass is 19.4. The molecular weight excluding hydrogens is 456 g/mol. The number of hydrogen-bond acceptors (Lipinski definition) is 5. The van der Waals surface area contributed by atoms with Crippen LogP contribution in [0.25, 0.3) is 22.2 Å². The van der Waals surface area contributed by atoms with Crippen molar-refractivity contribution in [1.29, 1.82) is 0 Å². The van der Waals surface area contributed by atoms with Gasteiger partial charge in [-0.3, -0.25) is 5.10 Å². The number of carboxylic acids is 1. The fourth-order valence-electron chi connectivity index (χ4n) is 3.87. The van der Waals surface area contributed by atoms with Crippen LogP contribution in [0.15, 0.2) is 48.8 Å². The molecule has 0 aliphatic carbocycles. The van der Waals surface area contributed by atoms with Crippen molar-refractivity contribution in [3.8, 4) is 16.9 Å². The van der Waals surface area contributed by atoms with Crippen LogP contribution in [0.5, 0.6) is 5.75 Å². The Balaban J connectivity index is 0.000000344. The molecule has 0 saturated heterocycles. The standard InChI is InChI=1S/C21H19FN4O.C2HF3O2/c1-2-26-18-9-15(14-11-23-24-12-14)16(22)10-17(18)25-21(26)20-8-7-13-5-3-4-6-19(13)27-20;3-2(4,5)1(6)7/h3-6,9-12,20H,2,7-8H2,1H3,(H,23,24);(H,6,7)/p-1. The molecule has 2 aromatic heterocycles. The zero-order valence-electron chi connectivity index (χ0n) is 17.9. The van der Waals surface area contributed by atoms with E-state index in [4.69, 9.17) is 19.6 Å². The number of aliphatic carboxylic acids is 1. The zero-order chi connectivity index (χ0) is 24.5. The first-order valence-corrected chi connectivity index (χ1v) is 10.4. The molecule has 0 radical (unpaired) electrons. The van der Waals surface area contributed by atoms with E-state index in [2.05, 4.69) is 27.8 Å². The number of nitrogens with zero attached hydrogens (tertiary/aromatic N) is 3. The summed E-state index contributed by atoms with van der Waals surface area (Å²) in [4.78, 5) is 13.5. The molecular formula is C23H19F4N4O3-.